The van der Waals surface area contributed by atoms with Gasteiger partial charge in [-0.3, -0.25) is 9.69 Å². The minimum absolute atomic E-state index is 0.00975. The molecule has 1 aromatic carbocycles. The van der Waals surface area contributed by atoms with Gasteiger partial charge in [-0.25, -0.2) is 9.78 Å². The third-order valence-corrected chi connectivity index (χ3v) is 4.39. The van der Waals surface area contributed by atoms with Gasteiger partial charge in [0.1, 0.15) is 22.9 Å². The predicted octanol–water partition coefficient (Wildman–Crippen LogP) is 4.18. The minimum Gasteiger partial charge on any atom is -0.508 e. The first-order valence-electron chi connectivity index (χ1n) is 9.92. The predicted molar refractivity (Wildman–Crippen MR) is 111 cm³/mol. The second-order valence-electron chi connectivity index (χ2n) is 8.05. The molecule has 0 aliphatic carbocycles. The van der Waals surface area contributed by atoms with Gasteiger partial charge in [-0.1, -0.05) is 31.5 Å². The summed E-state index contributed by atoms with van der Waals surface area (Å²) in [5, 5.41) is 9.24. The number of carbonyl (C=O) groups excluding carboxylic acids is 2. The molecule has 0 bridgehead atoms. The monoisotopic (exact) mass is 401 g/mol. The molecule has 0 saturated heterocycles. The molecule has 7 heteroatoms. The van der Waals surface area contributed by atoms with E-state index in [-0.39, 0.29) is 11.9 Å². The van der Waals surface area contributed by atoms with Gasteiger partial charge < -0.3 is 14.4 Å². The number of rotatable bonds is 3. The van der Waals surface area contributed by atoms with Crippen LogP contribution in [0, 0.1) is 0 Å². The Morgan fingerprint density at radius 2 is 1.90 bits per heavy atom. The summed E-state index contributed by atoms with van der Waals surface area (Å²) in [4.78, 5) is 29.2. The zero-order valence-corrected chi connectivity index (χ0v) is 17.9. The lowest BCUT2D eigenvalue weighted by molar-refractivity contribution is 0.0195. The number of nitrogens with zero attached hydrogens (tertiary/aromatic N) is 3. The van der Waals surface area contributed by atoms with Crippen LogP contribution in [0.3, 0.4) is 0 Å². The molecule has 7 nitrogen and oxygen atoms in total. The molecule has 0 unspecified atom stereocenters. The molecular weight excluding hydrogens is 370 g/mol. The van der Waals surface area contributed by atoms with Crippen molar-refractivity contribution in [3.05, 3.63) is 47.5 Å². The van der Waals surface area contributed by atoms with E-state index in [0.717, 1.165) is 24.2 Å². The molecule has 29 heavy (non-hydrogen) atoms. The molecule has 3 rings (SSSR count). The number of para-hydroxylation sites is 1. The highest BCUT2D eigenvalue weighted by atomic mass is 16.6. The van der Waals surface area contributed by atoms with Crippen molar-refractivity contribution in [2.75, 3.05) is 6.54 Å². The van der Waals surface area contributed by atoms with Crippen LogP contribution < -0.4 is 0 Å². The molecule has 1 N–H and O–H groups in total. The van der Waals surface area contributed by atoms with E-state index in [2.05, 4.69) is 11.9 Å². The van der Waals surface area contributed by atoms with Crippen LogP contribution in [0.4, 0.5) is 4.79 Å². The second kappa shape index (κ2) is 9.58. The quantitative estimate of drug-likeness (QED) is 0.780. The Hall–Kier alpha value is -2.83. The van der Waals surface area contributed by atoms with Crippen molar-refractivity contribution in [2.24, 2.45) is 0 Å². The van der Waals surface area contributed by atoms with Crippen molar-refractivity contribution in [1.29, 1.82) is 0 Å². The van der Waals surface area contributed by atoms with E-state index in [1.165, 1.54) is 6.92 Å². The second-order valence-corrected chi connectivity index (χ2v) is 8.05. The zero-order chi connectivity index (χ0) is 21.6. The fourth-order valence-corrected chi connectivity index (χ4v) is 3.02. The first-order valence-corrected chi connectivity index (χ1v) is 9.92. The molecule has 0 fully saturated rings. The molecule has 0 radical (unpaired) electrons. The summed E-state index contributed by atoms with van der Waals surface area (Å²) in [5.41, 5.74) is 1.14. The average Bonchev–Trinajstić information content (AvgIpc) is 3.06. The van der Waals surface area contributed by atoms with E-state index >= 15 is 0 Å². The van der Waals surface area contributed by atoms with E-state index in [1.807, 2.05) is 43.5 Å². The lowest BCUT2D eigenvalue weighted by Gasteiger charge is -2.30. The van der Waals surface area contributed by atoms with Gasteiger partial charge in [0.25, 0.3) is 0 Å². The summed E-state index contributed by atoms with van der Waals surface area (Å²) in [7, 11) is 0. The molecule has 2 heterocycles. The molecule has 0 atom stereocenters. The number of fused-ring (bicyclic) bond motifs is 1. The third kappa shape index (κ3) is 6.34. The number of aromatic hydroxyl groups is 1. The van der Waals surface area contributed by atoms with Gasteiger partial charge in [0.05, 0.1) is 12.7 Å². The van der Waals surface area contributed by atoms with Gasteiger partial charge >= 0.3 is 6.09 Å². The summed E-state index contributed by atoms with van der Waals surface area (Å²) < 4.78 is 7.19. The lowest BCUT2D eigenvalue weighted by atomic mass is 10.1. The van der Waals surface area contributed by atoms with E-state index in [4.69, 9.17) is 4.74 Å². The van der Waals surface area contributed by atoms with Gasteiger partial charge in [0.2, 0.25) is 0 Å². The Kier molecular flexibility index (Phi) is 7.42. The number of benzene rings is 1. The molecule has 1 aromatic heterocycles. The Morgan fingerprint density at radius 3 is 2.48 bits per heavy atom. The smallest absolute Gasteiger partial charge is 0.410 e. The number of carbonyl (C=O) groups is 2. The molecule has 158 valence electrons. The summed E-state index contributed by atoms with van der Waals surface area (Å²) >= 11 is 0. The van der Waals surface area contributed by atoms with E-state index < -0.39 is 5.60 Å². The fourth-order valence-electron chi connectivity index (χ4n) is 3.02. The van der Waals surface area contributed by atoms with Crippen LogP contribution in [0.5, 0.6) is 5.75 Å². The topological polar surface area (TPSA) is 84.7 Å². The van der Waals surface area contributed by atoms with Crippen LogP contribution in [0.15, 0.2) is 30.5 Å². The van der Waals surface area contributed by atoms with Crippen LogP contribution in [0.1, 0.15) is 62.9 Å². The van der Waals surface area contributed by atoms with Crippen LogP contribution in [-0.2, 0) is 24.2 Å². The highest BCUT2D eigenvalue weighted by molar-refractivity contribution is 5.92. The summed E-state index contributed by atoms with van der Waals surface area (Å²) in [5.74, 6) is 1.14. The van der Waals surface area contributed by atoms with Crippen molar-refractivity contribution in [2.45, 2.75) is 66.2 Å². The molecule has 1 aliphatic rings. The largest absolute Gasteiger partial charge is 0.508 e. The maximum Gasteiger partial charge on any atom is 0.410 e. The molecule has 2 aromatic rings. The van der Waals surface area contributed by atoms with Gasteiger partial charge in [-0.15, -0.1) is 0 Å². The van der Waals surface area contributed by atoms with Gasteiger partial charge in [0.15, 0.2) is 5.78 Å². The highest BCUT2D eigenvalue weighted by Crippen LogP contribution is 2.18. The maximum atomic E-state index is 12.0. The summed E-state index contributed by atoms with van der Waals surface area (Å²) in [6.45, 7) is 10.6. The number of amides is 1. The number of hydrogen-bond acceptors (Lipinski definition) is 5. The van der Waals surface area contributed by atoms with Crippen molar-refractivity contribution in [1.82, 2.24) is 14.5 Å². The van der Waals surface area contributed by atoms with Crippen molar-refractivity contribution in [3.8, 4) is 5.75 Å². The van der Waals surface area contributed by atoms with Crippen molar-refractivity contribution < 1.29 is 19.4 Å². The number of aryl methyl sites for hydroxylation is 1. The molecule has 1 amide bonds. The van der Waals surface area contributed by atoms with E-state index in [0.29, 0.717) is 31.1 Å². The van der Waals surface area contributed by atoms with Crippen LogP contribution in [0.25, 0.3) is 0 Å². The molecule has 0 saturated carbocycles. The van der Waals surface area contributed by atoms with Crippen molar-refractivity contribution >= 4 is 11.9 Å². The first kappa shape index (κ1) is 22.5. The SMILES string of the molecule is CC(=O)c1cnc2n1CCN(C(=O)OC(C)(C)C)C2.CCCc1ccccc1O. The highest BCUT2D eigenvalue weighted by Gasteiger charge is 2.27. The number of imidazole rings is 1. The average molecular weight is 402 g/mol. The van der Waals surface area contributed by atoms with Gasteiger partial charge in [-0.05, 0) is 38.8 Å². The Bertz CT molecular complexity index is 852. The Morgan fingerprint density at radius 1 is 1.21 bits per heavy atom. The minimum atomic E-state index is -0.505. The van der Waals surface area contributed by atoms with E-state index in [1.54, 1.807) is 17.2 Å². The van der Waals surface area contributed by atoms with Crippen LogP contribution >= 0.6 is 0 Å². The van der Waals surface area contributed by atoms with Gasteiger partial charge in [-0.2, -0.15) is 0 Å². The van der Waals surface area contributed by atoms with E-state index in [9.17, 15) is 14.7 Å². The molecule has 1 aliphatic heterocycles. The van der Waals surface area contributed by atoms with Crippen LogP contribution in [0.2, 0.25) is 0 Å². The van der Waals surface area contributed by atoms with Crippen LogP contribution in [-0.4, -0.2) is 43.6 Å². The normalized spacial score (nSPS) is 13.2. The summed E-state index contributed by atoms with van der Waals surface area (Å²) in [6, 6.07) is 7.48. The number of ketones is 1. The number of ether oxygens (including phenoxy) is 1. The Labute approximate surface area is 172 Å². The first-order chi connectivity index (χ1) is 13.6. The number of phenolic OH excluding ortho intramolecular Hbond substituents is 1. The Balaban J connectivity index is 0.000000253. The number of phenols is 1. The van der Waals surface area contributed by atoms with Gasteiger partial charge in [0, 0.05) is 20.0 Å². The number of aromatic nitrogens is 2. The van der Waals surface area contributed by atoms with Crippen molar-refractivity contribution in [3.63, 3.8) is 0 Å². The maximum absolute atomic E-state index is 12.0. The molecule has 0 spiro atoms. The lowest BCUT2D eigenvalue weighted by Crippen LogP contribution is -2.42. The number of Topliss-reactive ketones (excluding diaryl/α,β-unsaturated/α-hetero) is 1. The fraction of sp³-hybridized carbons (Fsp3) is 0.500. The zero-order valence-electron chi connectivity index (χ0n) is 17.9. The standard InChI is InChI=1S/C13H19N3O3.C9H12O/c1-9(17)10-7-14-11-8-15(5-6-16(10)11)12(18)19-13(2,3)4;1-2-5-8-6-3-4-7-9(8)10/h7H,5-6,8H2,1-4H3;3-4,6-7,10H,2,5H2,1H3. The number of hydrogen-bond donors (Lipinski definition) is 1. The third-order valence-electron chi connectivity index (χ3n) is 4.39. The summed E-state index contributed by atoms with van der Waals surface area (Å²) in [6.07, 6.45) is 3.27. The molecular formula is C22H31N3O4.